The second-order valence-electron chi connectivity index (χ2n) is 4.92. The van der Waals surface area contributed by atoms with Crippen molar-refractivity contribution in [3.63, 3.8) is 0 Å². The van der Waals surface area contributed by atoms with Gasteiger partial charge in [0.2, 0.25) is 0 Å². The predicted molar refractivity (Wildman–Crippen MR) is 78.3 cm³/mol. The van der Waals surface area contributed by atoms with Crippen LogP contribution in [0.15, 0.2) is 30.6 Å². The van der Waals surface area contributed by atoms with E-state index in [1.807, 2.05) is 18.2 Å². The number of nitrogens with one attached hydrogen (secondary N) is 1. The molecule has 2 heterocycles. The van der Waals surface area contributed by atoms with Crippen molar-refractivity contribution < 1.29 is 0 Å². The highest BCUT2D eigenvalue weighted by Gasteiger charge is 2.20. The Morgan fingerprint density at radius 3 is 2.80 bits per heavy atom. The predicted octanol–water partition coefficient (Wildman–Crippen LogP) is 2.40. The molecule has 1 saturated carbocycles. The minimum absolute atomic E-state index is 0.693. The van der Waals surface area contributed by atoms with E-state index < -0.39 is 0 Å². The fourth-order valence-corrected chi connectivity index (χ4v) is 2.84. The Morgan fingerprint density at radius 2 is 1.95 bits per heavy atom. The van der Waals surface area contributed by atoms with Crippen LogP contribution in [-0.2, 0) is 6.54 Å². The van der Waals surface area contributed by atoms with Crippen LogP contribution in [0.3, 0.4) is 0 Å². The normalized spacial score (nSPS) is 14.8. The van der Waals surface area contributed by atoms with Crippen molar-refractivity contribution in [3.8, 4) is 10.6 Å². The van der Waals surface area contributed by atoms with E-state index in [-0.39, 0.29) is 0 Å². The van der Waals surface area contributed by atoms with E-state index in [0.717, 1.165) is 33.2 Å². The van der Waals surface area contributed by atoms with Crippen molar-refractivity contribution in [1.82, 2.24) is 25.5 Å². The number of hydrogen-bond acceptors (Lipinski definition) is 6. The lowest BCUT2D eigenvalue weighted by atomic mass is 10.2. The smallest absolute Gasteiger partial charge is 0.147 e. The summed E-state index contributed by atoms with van der Waals surface area (Å²) in [5.74, 6) is 0. The minimum atomic E-state index is 0.693. The standard InChI is InChI=1S/C14H13N5S/c1-4-11-12(16-6-5-15-11)7-9(1)14-19-18-13(20-14)8-17-10-2-3-10/h1,4-7,10,17H,2-3,8H2. The zero-order valence-corrected chi connectivity index (χ0v) is 11.6. The van der Waals surface area contributed by atoms with E-state index in [1.54, 1.807) is 23.7 Å². The maximum absolute atomic E-state index is 4.32. The van der Waals surface area contributed by atoms with E-state index >= 15 is 0 Å². The monoisotopic (exact) mass is 283 g/mol. The summed E-state index contributed by atoms with van der Waals surface area (Å²) in [6.45, 7) is 0.815. The van der Waals surface area contributed by atoms with Gasteiger partial charge < -0.3 is 5.32 Å². The van der Waals surface area contributed by atoms with E-state index in [1.165, 1.54) is 12.8 Å². The van der Waals surface area contributed by atoms with Crippen LogP contribution in [0.4, 0.5) is 0 Å². The average Bonchev–Trinajstić information content (AvgIpc) is 3.21. The molecule has 100 valence electrons. The van der Waals surface area contributed by atoms with Gasteiger partial charge in [0.25, 0.3) is 0 Å². The molecular weight excluding hydrogens is 270 g/mol. The van der Waals surface area contributed by atoms with Gasteiger partial charge in [-0.05, 0) is 31.0 Å². The minimum Gasteiger partial charge on any atom is -0.308 e. The van der Waals surface area contributed by atoms with Gasteiger partial charge >= 0.3 is 0 Å². The highest BCUT2D eigenvalue weighted by Crippen LogP contribution is 2.26. The zero-order chi connectivity index (χ0) is 13.4. The Hall–Kier alpha value is -1.92. The zero-order valence-electron chi connectivity index (χ0n) is 10.8. The second kappa shape index (κ2) is 4.88. The van der Waals surface area contributed by atoms with Crippen LogP contribution in [-0.4, -0.2) is 26.2 Å². The first-order chi connectivity index (χ1) is 9.88. The van der Waals surface area contributed by atoms with Crippen LogP contribution >= 0.6 is 11.3 Å². The van der Waals surface area contributed by atoms with Crippen LogP contribution in [0, 0.1) is 0 Å². The SMILES string of the molecule is c1cnc2cc(-c3nnc(CNC4CC4)s3)ccc2n1. The van der Waals surface area contributed by atoms with Gasteiger partial charge in [-0.3, -0.25) is 9.97 Å². The van der Waals surface area contributed by atoms with Crippen molar-refractivity contribution in [2.75, 3.05) is 0 Å². The van der Waals surface area contributed by atoms with Crippen LogP contribution in [0.5, 0.6) is 0 Å². The number of fused-ring (bicyclic) bond motifs is 1. The van der Waals surface area contributed by atoms with E-state index in [9.17, 15) is 0 Å². The lowest BCUT2D eigenvalue weighted by Crippen LogP contribution is -2.14. The molecular formula is C14H13N5S. The topological polar surface area (TPSA) is 63.6 Å². The second-order valence-corrected chi connectivity index (χ2v) is 5.98. The summed E-state index contributed by atoms with van der Waals surface area (Å²) in [5, 5.41) is 13.9. The molecule has 1 fully saturated rings. The van der Waals surface area contributed by atoms with Crippen molar-refractivity contribution in [1.29, 1.82) is 0 Å². The molecule has 0 amide bonds. The summed E-state index contributed by atoms with van der Waals surface area (Å²) in [7, 11) is 0. The summed E-state index contributed by atoms with van der Waals surface area (Å²) < 4.78 is 0. The summed E-state index contributed by atoms with van der Waals surface area (Å²) in [6, 6.07) is 6.70. The molecule has 3 aromatic rings. The molecule has 20 heavy (non-hydrogen) atoms. The molecule has 1 aliphatic carbocycles. The Morgan fingerprint density at radius 1 is 1.10 bits per heavy atom. The Kier molecular flexibility index (Phi) is 2.90. The third-order valence-electron chi connectivity index (χ3n) is 3.30. The van der Waals surface area contributed by atoms with Gasteiger partial charge in [-0.2, -0.15) is 0 Å². The third kappa shape index (κ3) is 2.39. The fourth-order valence-electron chi connectivity index (χ4n) is 2.06. The molecule has 0 unspecified atom stereocenters. The largest absolute Gasteiger partial charge is 0.308 e. The first-order valence-corrected chi connectivity index (χ1v) is 7.47. The number of rotatable bonds is 4. The summed E-state index contributed by atoms with van der Waals surface area (Å²) in [6.07, 6.45) is 5.98. The Labute approximate surface area is 120 Å². The van der Waals surface area contributed by atoms with Gasteiger partial charge in [0.1, 0.15) is 10.0 Å². The molecule has 5 nitrogen and oxygen atoms in total. The lowest BCUT2D eigenvalue weighted by molar-refractivity contribution is 0.679. The molecule has 1 aliphatic rings. The highest BCUT2D eigenvalue weighted by molar-refractivity contribution is 7.14. The molecule has 0 bridgehead atoms. The molecule has 2 aromatic heterocycles. The Bertz CT molecular complexity index is 750. The molecule has 0 saturated heterocycles. The molecule has 4 rings (SSSR count). The molecule has 0 atom stereocenters. The number of benzene rings is 1. The van der Waals surface area contributed by atoms with E-state index in [0.29, 0.717) is 6.04 Å². The van der Waals surface area contributed by atoms with E-state index in [2.05, 4.69) is 25.5 Å². The van der Waals surface area contributed by atoms with Gasteiger partial charge in [0, 0.05) is 30.5 Å². The molecule has 1 aromatic carbocycles. The maximum atomic E-state index is 4.32. The van der Waals surface area contributed by atoms with Crippen LogP contribution < -0.4 is 5.32 Å². The molecule has 0 aliphatic heterocycles. The average molecular weight is 283 g/mol. The quantitative estimate of drug-likeness (QED) is 0.796. The van der Waals surface area contributed by atoms with Gasteiger partial charge in [-0.25, -0.2) is 0 Å². The molecule has 6 heteroatoms. The first kappa shape index (κ1) is 11.9. The van der Waals surface area contributed by atoms with Crippen LogP contribution in [0.1, 0.15) is 17.8 Å². The maximum Gasteiger partial charge on any atom is 0.147 e. The number of nitrogens with zero attached hydrogens (tertiary/aromatic N) is 4. The van der Waals surface area contributed by atoms with Gasteiger partial charge in [-0.15, -0.1) is 10.2 Å². The highest BCUT2D eigenvalue weighted by atomic mass is 32.1. The van der Waals surface area contributed by atoms with Crippen molar-refractivity contribution in [2.45, 2.75) is 25.4 Å². The van der Waals surface area contributed by atoms with E-state index in [4.69, 9.17) is 0 Å². The number of hydrogen-bond donors (Lipinski definition) is 1. The summed E-state index contributed by atoms with van der Waals surface area (Å²) in [5.41, 5.74) is 2.84. The number of aromatic nitrogens is 4. The van der Waals surface area contributed by atoms with Crippen molar-refractivity contribution >= 4 is 22.4 Å². The van der Waals surface area contributed by atoms with Crippen molar-refractivity contribution in [3.05, 3.63) is 35.6 Å². The summed E-state index contributed by atoms with van der Waals surface area (Å²) in [4.78, 5) is 8.60. The van der Waals surface area contributed by atoms with Crippen molar-refractivity contribution in [2.24, 2.45) is 0 Å². The van der Waals surface area contributed by atoms with Gasteiger partial charge in [0.15, 0.2) is 0 Å². The van der Waals surface area contributed by atoms with Gasteiger partial charge in [-0.1, -0.05) is 11.3 Å². The van der Waals surface area contributed by atoms with Gasteiger partial charge in [0.05, 0.1) is 11.0 Å². The fraction of sp³-hybridized carbons (Fsp3) is 0.286. The van der Waals surface area contributed by atoms with Crippen LogP contribution in [0.2, 0.25) is 0 Å². The first-order valence-electron chi connectivity index (χ1n) is 6.65. The molecule has 0 spiro atoms. The lowest BCUT2D eigenvalue weighted by Gasteiger charge is -1.98. The van der Waals surface area contributed by atoms with Crippen LogP contribution in [0.25, 0.3) is 21.6 Å². The molecule has 0 radical (unpaired) electrons. The molecule has 1 N–H and O–H groups in total. The summed E-state index contributed by atoms with van der Waals surface area (Å²) >= 11 is 1.63. The Balaban J connectivity index is 1.60. The third-order valence-corrected chi connectivity index (χ3v) is 4.27.